The van der Waals surface area contributed by atoms with Crippen molar-refractivity contribution in [3.8, 4) is 11.5 Å². The summed E-state index contributed by atoms with van der Waals surface area (Å²) in [5.41, 5.74) is 2.34. The molecule has 0 heterocycles. The van der Waals surface area contributed by atoms with E-state index in [1.807, 2.05) is 30.3 Å². The molecule has 0 unspecified atom stereocenters. The summed E-state index contributed by atoms with van der Waals surface area (Å²) in [4.78, 5) is 12.3. The van der Waals surface area contributed by atoms with Crippen LogP contribution in [0.1, 0.15) is 21.5 Å². The largest absolute Gasteiger partial charge is 0.496 e. The number of nitrogens with one attached hydrogen (secondary N) is 1. The van der Waals surface area contributed by atoms with Crippen molar-refractivity contribution in [1.82, 2.24) is 5.32 Å². The summed E-state index contributed by atoms with van der Waals surface area (Å²) < 4.78 is 23.8. The number of amides is 1. The normalized spacial score (nSPS) is 10.3. The Hall–Kier alpha value is -3.34. The molecule has 1 N–H and O–H groups in total. The van der Waals surface area contributed by atoms with E-state index in [2.05, 4.69) is 5.32 Å². The Bertz CT molecular complexity index is 892. The Morgan fingerprint density at radius 2 is 1.59 bits per heavy atom. The van der Waals surface area contributed by atoms with E-state index in [0.717, 1.165) is 11.1 Å². The van der Waals surface area contributed by atoms with Crippen LogP contribution in [-0.4, -0.2) is 13.0 Å². The van der Waals surface area contributed by atoms with Crippen molar-refractivity contribution >= 4 is 5.91 Å². The van der Waals surface area contributed by atoms with E-state index in [1.165, 1.54) is 19.2 Å². The molecule has 1 amide bonds. The van der Waals surface area contributed by atoms with Crippen LogP contribution in [0.25, 0.3) is 0 Å². The van der Waals surface area contributed by atoms with Gasteiger partial charge < -0.3 is 14.8 Å². The number of para-hydroxylation sites is 1. The zero-order chi connectivity index (χ0) is 19.1. The van der Waals surface area contributed by atoms with Crippen LogP contribution in [0.15, 0.2) is 72.8 Å². The summed E-state index contributed by atoms with van der Waals surface area (Å²) in [5.74, 6) is 0.793. The molecule has 4 nitrogen and oxygen atoms in total. The van der Waals surface area contributed by atoms with Gasteiger partial charge in [-0.05, 0) is 47.5 Å². The SMILES string of the molecule is COc1ccccc1C(=O)NCc1ccc(OCc2ccc(F)cc2)cc1. The highest BCUT2D eigenvalue weighted by atomic mass is 19.1. The van der Waals surface area contributed by atoms with E-state index in [-0.39, 0.29) is 11.7 Å². The molecule has 3 aromatic carbocycles. The van der Waals surface area contributed by atoms with Crippen LogP contribution in [0.2, 0.25) is 0 Å². The van der Waals surface area contributed by atoms with Crippen LogP contribution in [-0.2, 0) is 13.2 Å². The lowest BCUT2D eigenvalue weighted by atomic mass is 10.1. The summed E-state index contributed by atoms with van der Waals surface area (Å²) in [6.45, 7) is 0.763. The third-order valence-electron chi connectivity index (χ3n) is 4.05. The smallest absolute Gasteiger partial charge is 0.255 e. The van der Waals surface area contributed by atoms with Crippen LogP contribution in [0.4, 0.5) is 4.39 Å². The standard InChI is InChI=1S/C22H20FNO3/c1-26-21-5-3-2-4-20(21)22(25)24-14-16-8-12-19(13-9-16)27-15-17-6-10-18(23)11-7-17/h2-13H,14-15H2,1H3,(H,24,25). The van der Waals surface area contributed by atoms with Gasteiger partial charge in [-0.3, -0.25) is 4.79 Å². The molecule has 0 aromatic heterocycles. The molecular weight excluding hydrogens is 345 g/mol. The van der Waals surface area contributed by atoms with Gasteiger partial charge in [-0.1, -0.05) is 36.4 Å². The number of carbonyl (C=O) groups is 1. The van der Waals surface area contributed by atoms with Gasteiger partial charge in [0.05, 0.1) is 12.7 Å². The average molecular weight is 365 g/mol. The van der Waals surface area contributed by atoms with E-state index >= 15 is 0 Å². The molecule has 3 rings (SSSR count). The van der Waals surface area contributed by atoms with Crippen LogP contribution in [0.3, 0.4) is 0 Å². The fourth-order valence-corrected chi connectivity index (χ4v) is 2.56. The summed E-state index contributed by atoms with van der Waals surface area (Å²) in [6.07, 6.45) is 0. The summed E-state index contributed by atoms with van der Waals surface area (Å²) in [5, 5.41) is 2.88. The first kappa shape index (κ1) is 18.5. The number of ether oxygens (including phenoxy) is 2. The first-order valence-corrected chi connectivity index (χ1v) is 8.53. The minimum absolute atomic E-state index is 0.191. The molecule has 0 atom stereocenters. The van der Waals surface area contributed by atoms with Gasteiger partial charge in [-0.2, -0.15) is 0 Å². The molecule has 0 saturated carbocycles. The van der Waals surface area contributed by atoms with E-state index in [9.17, 15) is 9.18 Å². The molecule has 3 aromatic rings. The molecule has 0 aliphatic rings. The second kappa shape index (κ2) is 8.85. The molecule has 0 radical (unpaired) electrons. The number of hydrogen-bond acceptors (Lipinski definition) is 3. The quantitative estimate of drug-likeness (QED) is 0.677. The van der Waals surface area contributed by atoms with E-state index < -0.39 is 0 Å². The number of benzene rings is 3. The Balaban J connectivity index is 1.53. The lowest BCUT2D eigenvalue weighted by Gasteiger charge is -2.10. The Labute approximate surface area is 157 Å². The van der Waals surface area contributed by atoms with Crippen LogP contribution >= 0.6 is 0 Å². The van der Waals surface area contributed by atoms with E-state index in [0.29, 0.717) is 30.2 Å². The molecule has 27 heavy (non-hydrogen) atoms. The minimum Gasteiger partial charge on any atom is -0.496 e. The molecule has 0 bridgehead atoms. The van der Waals surface area contributed by atoms with Crippen molar-refractivity contribution in [3.05, 3.63) is 95.3 Å². The summed E-state index contributed by atoms with van der Waals surface area (Å²) >= 11 is 0. The number of methoxy groups -OCH3 is 1. The average Bonchev–Trinajstić information content (AvgIpc) is 2.72. The number of carbonyl (C=O) groups excluding carboxylic acids is 1. The number of halogens is 1. The summed E-state index contributed by atoms with van der Waals surface area (Å²) in [6, 6.07) is 20.8. The van der Waals surface area contributed by atoms with Gasteiger partial charge in [0, 0.05) is 6.54 Å². The second-order valence-corrected chi connectivity index (χ2v) is 5.94. The zero-order valence-corrected chi connectivity index (χ0v) is 14.9. The summed E-state index contributed by atoms with van der Waals surface area (Å²) in [7, 11) is 1.54. The molecule has 0 fully saturated rings. The van der Waals surface area contributed by atoms with Gasteiger partial charge in [0.15, 0.2) is 0 Å². The first-order chi connectivity index (χ1) is 13.2. The predicted molar refractivity (Wildman–Crippen MR) is 101 cm³/mol. The van der Waals surface area contributed by atoms with Crippen molar-refractivity contribution < 1.29 is 18.7 Å². The van der Waals surface area contributed by atoms with Crippen molar-refractivity contribution in [3.63, 3.8) is 0 Å². The monoisotopic (exact) mass is 365 g/mol. The predicted octanol–water partition coefficient (Wildman–Crippen LogP) is 4.34. The lowest BCUT2D eigenvalue weighted by molar-refractivity contribution is 0.0948. The fraction of sp³-hybridized carbons (Fsp3) is 0.136. The van der Waals surface area contributed by atoms with Gasteiger partial charge in [0.1, 0.15) is 23.9 Å². The Morgan fingerprint density at radius 1 is 0.926 bits per heavy atom. The third-order valence-corrected chi connectivity index (χ3v) is 4.05. The highest BCUT2D eigenvalue weighted by molar-refractivity contribution is 5.96. The molecular formula is C22H20FNO3. The topological polar surface area (TPSA) is 47.6 Å². The molecule has 0 saturated heterocycles. The first-order valence-electron chi connectivity index (χ1n) is 8.53. The maximum absolute atomic E-state index is 12.9. The molecule has 138 valence electrons. The van der Waals surface area contributed by atoms with Crippen LogP contribution in [0, 0.1) is 5.82 Å². The second-order valence-electron chi connectivity index (χ2n) is 5.94. The van der Waals surface area contributed by atoms with Gasteiger partial charge in [-0.25, -0.2) is 4.39 Å². The van der Waals surface area contributed by atoms with Crippen molar-refractivity contribution in [2.75, 3.05) is 7.11 Å². The third kappa shape index (κ3) is 5.07. The van der Waals surface area contributed by atoms with Gasteiger partial charge in [-0.15, -0.1) is 0 Å². The van der Waals surface area contributed by atoms with Crippen molar-refractivity contribution in [1.29, 1.82) is 0 Å². The Kier molecular flexibility index (Phi) is 6.05. The minimum atomic E-state index is -0.265. The van der Waals surface area contributed by atoms with Crippen molar-refractivity contribution in [2.45, 2.75) is 13.2 Å². The van der Waals surface area contributed by atoms with Crippen LogP contribution < -0.4 is 14.8 Å². The van der Waals surface area contributed by atoms with Crippen molar-refractivity contribution in [2.24, 2.45) is 0 Å². The lowest BCUT2D eigenvalue weighted by Crippen LogP contribution is -2.23. The highest BCUT2D eigenvalue weighted by Gasteiger charge is 2.10. The number of hydrogen-bond donors (Lipinski definition) is 1. The Morgan fingerprint density at radius 3 is 2.30 bits per heavy atom. The maximum atomic E-state index is 12.9. The fourth-order valence-electron chi connectivity index (χ4n) is 2.56. The van der Waals surface area contributed by atoms with Gasteiger partial charge in [0.2, 0.25) is 0 Å². The maximum Gasteiger partial charge on any atom is 0.255 e. The molecule has 0 aliphatic heterocycles. The zero-order valence-electron chi connectivity index (χ0n) is 14.9. The molecule has 0 spiro atoms. The molecule has 0 aliphatic carbocycles. The highest BCUT2D eigenvalue weighted by Crippen LogP contribution is 2.18. The molecule has 5 heteroatoms. The number of rotatable bonds is 7. The van der Waals surface area contributed by atoms with E-state index in [1.54, 1.807) is 30.3 Å². The van der Waals surface area contributed by atoms with Gasteiger partial charge >= 0.3 is 0 Å². The van der Waals surface area contributed by atoms with Gasteiger partial charge in [0.25, 0.3) is 5.91 Å². The van der Waals surface area contributed by atoms with E-state index in [4.69, 9.17) is 9.47 Å². The van der Waals surface area contributed by atoms with Crippen LogP contribution in [0.5, 0.6) is 11.5 Å².